The van der Waals surface area contributed by atoms with Crippen LogP contribution in [0.2, 0.25) is 0 Å². The van der Waals surface area contributed by atoms with Crippen molar-refractivity contribution in [2.24, 2.45) is 11.8 Å². The minimum absolute atomic E-state index is 0.139. The second kappa shape index (κ2) is 7.85. The van der Waals surface area contributed by atoms with Crippen molar-refractivity contribution in [2.75, 3.05) is 26.2 Å². The van der Waals surface area contributed by atoms with Gasteiger partial charge >= 0.3 is 0 Å². The molecule has 0 radical (unpaired) electrons. The van der Waals surface area contributed by atoms with Gasteiger partial charge in [-0.1, -0.05) is 26.2 Å². The highest BCUT2D eigenvalue weighted by molar-refractivity contribution is 5.78. The van der Waals surface area contributed by atoms with Crippen LogP contribution < -0.4 is 10.6 Å². The first kappa shape index (κ1) is 14.8. The molecule has 110 valence electrons. The molecule has 0 spiro atoms. The highest BCUT2D eigenvalue weighted by Crippen LogP contribution is 2.20. The predicted octanol–water partition coefficient (Wildman–Crippen LogP) is 1.70. The molecule has 2 N–H and O–H groups in total. The van der Waals surface area contributed by atoms with Gasteiger partial charge in [-0.2, -0.15) is 0 Å². The summed E-state index contributed by atoms with van der Waals surface area (Å²) in [5.74, 6) is 0.864. The Morgan fingerprint density at radius 1 is 1.32 bits per heavy atom. The van der Waals surface area contributed by atoms with Crippen LogP contribution in [0.15, 0.2) is 0 Å². The lowest BCUT2D eigenvalue weighted by Crippen LogP contribution is -2.49. The molecular weight excluding hydrogens is 240 g/mol. The average molecular weight is 268 g/mol. The van der Waals surface area contributed by atoms with Crippen molar-refractivity contribution in [1.82, 2.24) is 10.6 Å². The topological polar surface area (TPSA) is 50.4 Å². The van der Waals surface area contributed by atoms with Gasteiger partial charge in [0.25, 0.3) is 0 Å². The van der Waals surface area contributed by atoms with E-state index in [1.807, 2.05) is 6.92 Å². The Morgan fingerprint density at radius 2 is 2.05 bits per heavy atom. The molecule has 1 aliphatic heterocycles. The second-order valence-corrected chi connectivity index (χ2v) is 5.98. The summed E-state index contributed by atoms with van der Waals surface area (Å²) in [7, 11) is 0. The van der Waals surface area contributed by atoms with E-state index in [1.54, 1.807) is 0 Å². The maximum atomic E-state index is 11.9. The minimum atomic E-state index is 0.139. The van der Waals surface area contributed by atoms with E-state index in [0.717, 1.165) is 32.7 Å². The van der Waals surface area contributed by atoms with E-state index in [0.29, 0.717) is 12.0 Å². The fourth-order valence-corrected chi connectivity index (χ4v) is 2.81. The summed E-state index contributed by atoms with van der Waals surface area (Å²) in [6, 6.07) is 0. The highest BCUT2D eigenvalue weighted by atomic mass is 16.5. The minimum Gasteiger partial charge on any atom is -0.378 e. The van der Waals surface area contributed by atoms with E-state index in [-0.39, 0.29) is 11.8 Å². The van der Waals surface area contributed by atoms with Gasteiger partial charge in [0.1, 0.15) is 0 Å². The smallest absolute Gasteiger partial charge is 0.223 e. The van der Waals surface area contributed by atoms with Crippen molar-refractivity contribution in [3.8, 4) is 0 Å². The Bertz CT molecular complexity index is 273. The molecule has 0 bridgehead atoms. The molecule has 1 saturated carbocycles. The summed E-state index contributed by atoms with van der Waals surface area (Å²) >= 11 is 0. The van der Waals surface area contributed by atoms with Crippen LogP contribution in [-0.4, -0.2) is 38.3 Å². The van der Waals surface area contributed by atoms with Crippen molar-refractivity contribution in [2.45, 2.75) is 51.6 Å². The van der Waals surface area contributed by atoms with Gasteiger partial charge in [0.2, 0.25) is 5.91 Å². The molecule has 2 aliphatic rings. The quantitative estimate of drug-likeness (QED) is 0.691. The number of carbonyl (C=O) groups excluding carboxylic acids is 1. The van der Waals surface area contributed by atoms with E-state index in [1.165, 1.54) is 32.1 Å². The van der Waals surface area contributed by atoms with Crippen LogP contribution in [0.1, 0.15) is 45.4 Å². The number of carbonyl (C=O) groups is 1. The SMILES string of the molecule is CC(C(=O)NCCCOC1CCCCC1)C1CNC1. The fraction of sp³-hybridized carbons (Fsp3) is 0.933. The van der Waals surface area contributed by atoms with E-state index in [2.05, 4.69) is 10.6 Å². The van der Waals surface area contributed by atoms with Gasteiger partial charge in [-0.05, 0) is 38.3 Å². The predicted molar refractivity (Wildman–Crippen MR) is 76.0 cm³/mol. The van der Waals surface area contributed by atoms with Crippen LogP contribution in [0.25, 0.3) is 0 Å². The molecular formula is C15H28N2O2. The standard InChI is InChI=1S/C15H28N2O2/c1-12(13-10-16-11-13)15(18)17-8-5-9-19-14-6-3-2-4-7-14/h12-14,16H,2-11H2,1H3,(H,17,18). The lowest BCUT2D eigenvalue weighted by Gasteiger charge is -2.31. The first-order valence-corrected chi connectivity index (χ1v) is 7.87. The number of hydrogen-bond acceptors (Lipinski definition) is 3. The fourth-order valence-electron chi connectivity index (χ4n) is 2.81. The van der Waals surface area contributed by atoms with Gasteiger partial charge in [-0.25, -0.2) is 0 Å². The largest absolute Gasteiger partial charge is 0.378 e. The van der Waals surface area contributed by atoms with Gasteiger partial charge < -0.3 is 15.4 Å². The number of rotatable bonds is 7. The normalized spacial score (nSPS) is 22.8. The van der Waals surface area contributed by atoms with Crippen LogP contribution in [0.4, 0.5) is 0 Å². The van der Waals surface area contributed by atoms with Crippen LogP contribution in [0.3, 0.4) is 0 Å². The molecule has 1 aliphatic carbocycles. The van der Waals surface area contributed by atoms with Crippen molar-refractivity contribution in [3.05, 3.63) is 0 Å². The molecule has 2 fully saturated rings. The summed E-state index contributed by atoms with van der Waals surface area (Å²) in [6.07, 6.45) is 7.84. The van der Waals surface area contributed by atoms with Crippen molar-refractivity contribution in [1.29, 1.82) is 0 Å². The van der Waals surface area contributed by atoms with Crippen LogP contribution in [0.5, 0.6) is 0 Å². The average Bonchev–Trinajstić information content (AvgIpc) is 2.37. The Kier molecular flexibility index (Phi) is 6.11. The zero-order chi connectivity index (χ0) is 13.5. The maximum absolute atomic E-state index is 11.9. The number of amides is 1. The van der Waals surface area contributed by atoms with E-state index in [9.17, 15) is 4.79 Å². The van der Waals surface area contributed by atoms with Crippen LogP contribution >= 0.6 is 0 Å². The summed E-state index contributed by atoms with van der Waals surface area (Å²) < 4.78 is 5.84. The molecule has 2 rings (SSSR count). The Hall–Kier alpha value is -0.610. The molecule has 0 aromatic carbocycles. The molecule has 1 amide bonds. The molecule has 4 nitrogen and oxygen atoms in total. The molecule has 0 aromatic rings. The lowest BCUT2D eigenvalue weighted by atomic mass is 9.88. The highest BCUT2D eigenvalue weighted by Gasteiger charge is 2.28. The Morgan fingerprint density at radius 3 is 2.68 bits per heavy atom. The number of nitrogens with one attached hydrogen (secondary N) is 2. The Balaban J connectivity index is 1.47. The summed E-state index contributed by atoms with van der Waals surface area (Å²) in [6.45, 7) is 5.53. The molecule has 4 heteroatoms. The van der Waals surface area contributed by atoms with Gasteiger partial charge in [0.15, 0.2) is 0 Å². The summed E-state index contributed by atoms with van der Waals surface area (Å²) in [5, 5.41) is 6.23. The van der Waals surface area contributed by atoms with Crippen molar-refractivity contribution < 1.29 is 9.53 Å². The third-order valence-electron chi connectivity index (χ3n) is 4.46. The van der Waals surface area contributed by atoms with E-state index >= 15 is 0 Å². The second-order valence-electron chi connectivity index (χ2n) is 5.98. The number of hydrogen-bond donors (Lipinski definition) is 2. The van der Waals surface area contributed by atoms with Crippen molar-refractivity contribution in [3.63, 3.8) is 0 Å². The summed E-state index contributed by atoms with van der Waals surface area (Å²) in [4.78, 5) is 11.9. The molecule has 0 aromatic heterocycles. The monoisotopic (exact) mass is 268 g/mol. The van der Waals surface area contributed by atoms with Crippen molar-refractivity contribution >= 4 is 5.91 Å². The third-order valence-corrected chi connectivity index (χ3v) is 4.46. The number of ether oxygens (including phenoxy) is 1. The molecule has 1 heterocycles. The zero-order valence-corrected chi connectivity index (χ0v) is 12.1. The Labute approximate surface area is 116 Å². The van der Waals surface area contributed by atoms with E-state index < -0.39 is 0 Å². The molecule has 19 heavy (non-hydrogen) atoms. The van der Waals surface area contributed by atoms with E-state index in [4.69, 9.17) is 4.74 Å². The van der Waals surface area contributed by atoms with Gasteiger partial charge in [-0.3, -0.25) is 4.79 Å². The van der Waals surface area contributed by atoms with Crippen LogP contribution in [0, 0.1) is 11.8 Å². The maximum Gasteiger partial charge on any atom is 0.223 e. The van der Waals surface area contributed by atoms with Gasteiger partial charge in [0, 0.05) is 19.1 Å². The molecule has 1 unspecified atom stereocenters. The first-order valence-electron chi connectivity index (χ1n) is 7.87. The zero-order valence-electron chi connectivity index (χ0n) is 12.1. The van der Waals surface area contributed by atoms with Gasteiger partial charge in [-0.15, -0.1) is 0 Å². The third kappa shape index (κ3) is 4.77. The molecule has 1 atom stereocenters. The summed E-state index contributed by atoms with van der Waals surface area (Å²) in [5.41, 5.74) is 0. The lowest BCUT2D eigenvalue weighted by molar-refractivity contribution is -0.126. The van der Waals surface area contributed by atoms with Crippen LogP contribution in [-0.2, 0) is 9.53 Å². The van der Waals surface area contributed by atoms with Gasteiger partial charge in [0.05, 0.1) is 6.10 Å². The molecule has 1 saturated heterocycles. The first-order chi connectivity index (χ1) is 9.27.